The van der Waals surface area contributed by atoms with Crippen LogP contribution in [-0.2, 0) is 0 Å². The van der Waals surface area contributed by atoms with Crippen LogP contribution in [0.25, 0.3) is 10.6 Å². The number of piperazine rings is 1. The number of hydrogen-bond donors (Lipinski definition) is 0. The van der Waals surface area contributed by atoms with E-state index in [1.807, 2.05) is 25.3 Å². The average molecular weight is 431 g/mol. The van der Waals surface area contributed by atoms with Gasteiger partial charge in [-0.1, -0.05) is 11.6 Å². The van der Waals surface area contributed by atoms with Crippen LogP contribution in [0.3, 0.4) is 0 Å². The molecule has 0 spiro atoms. The SMILES string of the molecule is Cc1nc(-c2ccc(N3CCN(C(=O)c4cc(Cl)ccc4F)CC3)nc2)sc1C. The van der Waals surface area contributed by atoms with Crippen LogP contribution in [0.1, 0.15) is 20.9 Å². The molecule has 0 atom stereocenters. The molecule has 0 unspecified atom stereocenters. The van der Waals surface area contributed by atoms with Crippen molar-refractivity contribution in [3.63, 3.8) is 0 Å². The molecule has 3 heterocycles. The van der Waals surface area contributed by atoms with Crippen molar-refractivity contribution in [3.8, 4) is 10.6 Å². The van der Waals surface area contributed by atoms with E-state index in [2.05, 4.69) is 21.8 Å². The summed E-state index contributed by atoms with van der Waals surface area (Å²) in [6.07, 6.45) is 1.84. The Balaban J connectivity index is 1.41. The number of carbonyl (C=O) groups is 1. The molecule has 0 saturated carbocycles. The fourth-order valence-electron chi connectivity index (χ4n) is 3.27. The molecule has 5 nitrogen and oxygen atoms in total. The molecule has 4 rings (SSSR count). The van der Waals surface area contributed by atoms with Crippen molar-refractivity contribution >= 4 is 34.7 Å². The zero-order valence-electron chi connectivity index (χ0n) is 16.2. The standard InChI is InChI=1S/C21H20ClFN4OS/c1-13-14(2)29-20(25-13)15-3-6-19(24-12-15)26-7-9-27(10-8-26)21(28)17-11-16(22)4-5-18(17)23/h3-6,11-12H,7-10H2,1-2H3. The van der Waals surface area contributed by atoms with Gasteiger partial charge in [-0.05, 0) is 44.2 Å². The molecule has 0 N–H and O–H groups in total. The molecule has 0 bridgehead atoms. The summed E-state index contributed by atoms with van der Waals surface area (Å²) in [6.45, 7) is 6.34. The zero-order chi connectivity index (χ0) is 20.5. The van der Waals surface area contributed by atoms with Gasteiger partial charge in [-0.2, -0.15) is 0 Å². The molecule has 1 amide bonds. The molecule has 29 heavy (non-hydrogen) atoms. The lowest BCUT2D eigenvalue weighted by molar-refractivity contribution is 0.0742. The Morgan fingerprint density at radius 2 is 1.90 bits per heavy atom. The van der Waals surface area contributed by atoms with Crippen molar-refractivity contribution in [3.05, 3.63) is 63.5 Å². The Hall–Kier alpha value is -2.51. The average Bonchev–Trinajstić information content (AvgIpc) is 3.08. The van der Waals surface area contributed by atoms with Gasteiger partial charge in [0, 0.05) is 47.8 Å². The molecular formula is C21H20ClFN4OS. The lowest BCUT2D eigenvalue weighted by atomic mass is 10.1. The number of pyridine rings is 1. The summed E-state index contributed by atoms with van der Waals surface area (Å²) in [5, 5.41) is 1.32. The quantitative estimate of drug-likeness (QED) is 0.610. The number of aryl methyl sites for hydroxylation is 2. The third-order valence-electron chi connectivity index (χ3n) is 5.07. The summed E-state index contributed by atoms with van der Waals surface area (Å²) < 4.78 is 14.0. The van der Waals surface area contributed by atoms with E-state index in [1.165, 1.54) is 23.1 Å². The van der Waals surface area contributed by atoms with Crippen LogP contribution in [-0.4, -0.2) is 47.0 Å². The van der Waals surface area contributed by atoms with Crippen molar-refractivity contribution < 1.29 is 9.18 Å². The Morgan fingerprint density at radius 3 is 2.52 bits per heavy atom. The number of nitrogens with zero attached hydrogens (tertiary/aromatic N) is 4. The minimum Gasteiger partial charge on any atom is -0.353 e. The van der Waals surface area contributed by atoms with E-state index in [0.29, 0.717) is 31.2 Å². The highest BCUT2D eigenvalue weighted by Gasteiger charge is 2.25. The van der Waals surface area contributed by atoms with Gasteiger partial charge in [0.05, 0.1) is 11.3 Å². The van der Waals surface area contributed by atoms with Crippen molar-refractivity contribution in [2.75, 3.05) is 31.1 Å². The first kappa shape index (κ1) is 19.8. The molecule has 1 aromatic carbocycles. The second-order valence-electron chi connectivity index (χ2n) is 6.97. The van der Waals surface area contributed by atoms with E-state index in [1.54, 1.807) is 16.2 Å². The molecule has 1 fully saturated rings. The maximum atomic E-state index is 14.0. The highest BCUT2D eigenvalue weighted by atomic mass is 35.5. The van der Waals surface area contributed by atoms with E-state index < -0.39 is 5.82 Å². The zero-order valence-corrected chi connectivity index (χ0v) is 17.7. The Bertz CT molecular complexity index is 1030. The first-order valence-corrected chi connectivity index (χ1v) is 10.5. The molecule has 0 aliphatic carbocycles. The van der Waals surface area contributed by atoms with Gasteiger partial charge in [0.2, 0.25) is 0 Å². The Kier molecular flexibility index (Phi) is 5.52. The van der Waals surface area contributed by atoms with E-state index in [4.69, 9.17) is 11.6 Å². The number of rotatable bonds is 3. The maximum Gasteiger partial charge on any atom is 0.257 e. The molecule has 8 heteroatoms. The molecule has 1 aliphatic rings. The van der Waals surface area contributed by atoms with Crippen LogP contribution in [0.2, 0.25) is 5.02 Å². The summed E-state index contributed by atoms with van der Waals surface area (Å²) in [5.41, 5.74) is 2.06. The first-order valence-electron chi connectivity index (χ1n) is 9.32. The van der Waals surface area contributed by atoms with Gasteiger partial charge >= 0.3 is 0 Å². The normalized spacial score (nSPS) is 14.3. The van der Waals surface area contributed by atoms with Crippen molar-refractivity contribution in [2.24, 2.45) is 0 Å². The predicted molar refractivity (Wildman–Crippen MR) is 114 cm³/mol. The molecular weight excluding hydrogens is 411 g/mol. The third-order valence-corrected chi connectivity index (χ3v) is 6.43. The largest absolute Gasteiger partial charge is 0.353 e. The monoisotopic (exact) mass is 430 g/mol. The molecule has 0 radical (unpaired) electrons. The van der Waals surface area contributed by atoms with Gasteiger partial charge in [-0.15, -0.1) is 11.3 Å². The smallest absolute Gasteiger partial charge is 0.257 e. The van der Waals surface area contributed by atoms with Crippen molar-refractivity contribution in [1.29, 1.82) is 0 Å². The van der Waals surface area contributed by atoms with E-state index in [-0.39, 0.29) is 11.5 Å². The predicted octanol–water partition coefficient (Wildman–Crippen LogP) is 4.58. The molecule has 1 aliphatic heterocycles. The number of aromatic nitrogens is 2. The summed E-state index contributed by atoms with van der Waals surface area (Å²) in [4.78, 5) is 26.8. The van der Waals surface area contributed by atoms with Crippen LogP contribution in [0.15, 0.2) is 36.5 Å². The first-order chi connectivity index (χ1) is 13.9. The molecule has 150 valence electrons. The lowest BCUT2D eigenvalue weighted by Gasteiger charge is -2.35. The highest BCUT2D eigenvalue weighted by molar-refractivity contribution is 7.15. The summed E-state index contributed by atoms with van der Waals surface area (Å²) >= 11 is 7.58. The van der Waals surface area contributed by atoms with E-state index in [0.717, 1.165) is 22.1 Å². The van der Waals surface area contributed by atoms with Gasteiger partial charge in [-0.25, -0.2) is 14.4 Å². The van der Waals surface area contributed by atoms with Gasteiger partial charge in [0.1, 0.15) is 16.6 Å². The second kappa shape index (κ2) is 8.08. The third kappa shape index (κ3) is 4.11. The summed E-state index contributed by atoms with van der Waals surface area (Å²) in [7, 11) is 0. The number of hydrogen-bond acceptors (Lipinski definition) is 5. The van der Waals surface area contributed by atoms with Crippen molar-refractivity contribution in [1.82, 2.24) is 14.9 Å². The minimum absolute atomic E-state index is 0.0162. The fourth-order valence-corrected chi connectivity index (χ4v) is 4.34. The Morgan fingerprint density at radius 1 is 1.14 bits per heavy atom. The number of halogens is 2. The fraction of sp³-hybridized carbons (Fsp3) is 0.286. The number of thiazole rings is 1. The van der Waals surface area contributed by atoms with Gasteiger partial charge in [-0.3, -0.25) is 4.79 Å². The molecule has 3 aromatic rings. The van der Waals surface area contributed by atoms with Crippen LogP contribution in [0.4, 0.5) is 10.2 Å². The lowest BCUT2D eigenvalue weighted by Crippen LogP contribution is -2.49. The maximum absolute atomic E-state index is 14.0. The summed E-state index contributed by atoms with van der Waals surface area (Å²) in [6, 6.07) is 8.06. The number of amides is 1. The van der Waals surface area contributed by atoms with Crippen molar-refractivity contribution in [2.45, 2.75) is 13.8 Å². The minimum atomic E-state index is -0.549. The number of benzene rings is 1. The van der Waals surface area contributed by atoms with E-state index in [9.17, 15) is 9.18 Å². The van der Waals surface area contributed by atoms with Crippen LogP contribution in [0.5, 0.6) is 0 Å². The second-order valence-corrected chi connectivity index (χ2v) is 8.61. The summed E-state index contributed by atoms with van der Waals surface area (Å²) in [5.74, 6) is -0.0194. The van der Waals surface area contributed by atoms with Gasteiger partial charge in [0.25, 0.3) is 5.91 Å². The van der Waals surface area contributed by atoms with E-state index >= 15 is 0 Å². The van der Waals surface area contributed by atoms with Crippen LogP contribution >= 0.6 is 22.9 Å². The van der Waals surface area contributed by atoms with Gasteiger partial charge < -0.3 is 9.80 Å². The van der Waals surface area contributed by atoms with Gasteiger partial charge in [0.15, 0.2) is 0 Å². The molecule has 1 saturated heterocycles. The number of carbonyl (C=O) groups excluding carboxylic acids is 1. The van der Waals surface area contributed by atoms with Crippen LogP contribution in [0, 0.1) is 19.7 Å². The van der Waals surface area contributed by atoms with Crippen LogP contribution < -0.4 is 4.90 Å². The topological polar surface area (TPSA) is 49.3 Å². The number of anilines is 1. The molecule has 2 aromatic heterocycles. The Labute approximate surface area is 177 Å². The highest BCUT2D eigenvalue weighted by Crippen LogP contribution is 2.28.